The molecule has 0 fully saturated rings. The van der Waals surface area contributed by atoms with Crippen molar-refractivity contribution in [2.75, 3.05) is 6.54 Å². The summed E-state index contributed by atoms with van der Waals surface area (Å²) in [5.74, 6) is -0.522. The molecule has 2 heterocycles. The SMILES string of the molecule is C[C@@H](NC(=O)N1CCc2sc(C(=O)NO)cc2C1)c1ccc(Cl)cc1. The molecule has 0 bridgehead atoms. The van der Waals surface area contributed by atoms with Crippen LogP contribution >= 0.6 is 22.9 Å². The first-order valence-corrected chi connectivity index (χ1v) is 9.04. The number of benzene rings is 1. The highest BCUT2D eigenvalue weighted by Crippen LogP contribution is 2.28. The van der Waals surface area contributed by atoms with Gasteiger partial charge in [0.1, 0.15) is 0 Å². The maximum absolute atomic E-state index is 12.5. The second kappa shape index (κ2) is 7.43. The van der Waals surface area contributed by atoms with Crippen molar-refractivity contribution >= 4 is 34.9 Å². The standard InChI is InChI=1S/C17H18ClN3O3S/c1-10(11-2-4-13(18)5-3-11)19-17(23)21-7-6-14-12(9-21)8-15(25-14)16(22)20-24/h2-5,8,10,24H,6-7,9H2,1H3,(H,19,23)(H,20,22)/t10-/m1/s1. The van der Waals surface area contributed by atoms with Crippen LogP contribution in [-0.4, -0.2) is 28.6 Å². The Bertz CT molecular complexity index is 791. The summed E-state index contributed by atoms with van der Waals surface area (Å²) >= 11 is 7.24. The largest absolute Gasteiger partial charge is 0.331 e. The van der Waals surface area contributed by atoms with Crippen LogP contribution in [0.1, 0.15) is 38.6 Å². The Kier molecular flexibility index (Phi) is 5.27. The van der Waals surface area contributed by atoms with Gasteiger partial charge >= 0.3 is 6.03 Å². The number of urea groups is 1. The molecule has 132 valence electrons. The van der Waals surface area contributed by atoms with E-state index in [1.54, 1.807) is 28.6 Å². The molecule has 3 amide bonds. The number of nitrogens with zero attached hydrogens (tertiary/aromatic N) is 1. The molecule has 0 spiro atoms. The number of nitrogens with one attached hydrogen (secondary N) is 2. The minimum atomic E-state index is -0.522. The van der Waals surface area contributed by atoms with Crippen molar-refractivity contribution in [3.8, 4) is 0 Å². The summed E-state index contributed by atoms with van der Waals surface area (Å²) in [4.78, 5) is 27.3. The van der Waals surface area contributed by atoms with Gasteiger partial charge in [-0.3, -0.25) is 10.0 Å². The molecular formula is C17H18ClN3O3S. The van der Waals surface area contributed by atoms with Crippen molar-refractivity contribution in [2.45, 2.75) is 25.9 Å². The van der Waals surface area contributed by atoms with Gasteiger partial charge in [-0.05, 0) is 42.7 Å². The Balaban J connectivity index is 1.65. The average molecular weight is 380 g/mol. The summed E-state index contributed by atoms with van der Waals surface area (Å²) < 4.78 is 0. The smallest absolute Gasteiger partial charge is 0.318 e. The zero-order valence-electron chi connectivity index (χ0n) is 13.6. The summed E-state index contributed by atoms with van der Waals surface area (Å²) in [7, 11) is 0. The number of amides is 3. The highest BCUT2D eigenvalue weighted by Gasteiger charge is 2.25. The first-order valence-electron chi connectivity index (χ1n) is 7.85. The van der Waals surface area contributed by atoms with Crippen LogP contribution in [0.5, 0.6) is 0 Å². The van der Waals surface area contributed by atoms with Crippen LogP contribution in [-0.2, 0) is 13.0 Å². The first kappa shape index (κ1) is 17.7. The Hall–Kier alpha value is -2.09. The summed E-state index contributed by atoms with van der Waals surface area (Å²) in [5, 5.41) is 12.4. The molecule has 1 aliphatic heterocycles. The van der Waals surface area contributed by atoms with E-state index in [1.165, 1.54) is 11.3 Å². The third-order valence-corrected chi connectivity index (χ3v) is 5.68. The Labute approximate surface area is 154 Å². The number of rotatable bonds is 3. The molecule has 8 heteroatoms. The van der Waals surface area contributed by atoms with Gasteiger partial charge in [0.15, 0.2) is 0 Å². The van der Waals surface area contributed by atoms with Crippen molar-refractivity contribution in [3.05, 3.63) is 56.2 Å². The lowest BCUT2D eigenvalue weighted by atomic mass is 10.1. The minimum Gasteiger partial charge on any atom is -0.331 e. The summed E-state index contributed by atoms with van der Waals surface area (Å²) in [5.41, 5.74) is 3.57. The lowest BCUT2D eigenvalue weighted by molar-refractivity contribution is 0.0711. The fourth-order valence-corrected chi connectivity index (χ4v) is 3.96. The molecule has 3 rings (SSSR count). The number of hydroxylamine groups is 1. The van der Waals surface area contributed by atoms with Gasteiger partial charge in [0.25, 0.3) is 5.91 Å². The van der Waals surface area contributed by atoms with Crippen molar-refractivity contribution in [3.63, 3.8) is 0 Å². The zero-order chi connectivity index (χ0) is 18.0. The minimum absolute atomic E-state index is 0.135. The maximum Gasteiger partial charge on any atom is 0.318 e. The van der Waals surface area contributed by atoms with Crippen molar-refractivity contribution < 1.29 is 14.8 Å². The number of fused-ring (bicyclic) bond motifs is 1. The van der Waals surface area contributed by atoms with Crippen LogP contribution in [0.15, 0.2) is 30.3 Å². The predicted molar refractivity (Wildman–Crippen MR) is 96.1 cm³/mol. The van der Waals surface area contributed by atoms with Gasteiger partial charge in [-0.2, -0.15) is 0 Å². The number of hydrogen-bond donors (Lipinski definition) is 3. The topological polar surface area (TPSA) is 81.7 Å². The molecule has 0 unspecified atom stereocenters. The maximum atomic E-state index is 12.5. The molecule has 0 saturated heterocycles. The van der Waals surface area contributed by atoms with Gasteiger partial charge in [0.2, 0.25) is 0 Å². The summed E-state index contributed by atoms with van der Waals surface area (Å²) in [6.45, 7) is 2.96. The fourth-order valence-electron chi connectivity index (χ4n) is 2.78. The lowest BCUT2D eigenvalue weighted by Gasteiger charge is -2.28. The highest BCUT2D eigenvalue weighted by molar-refractivity contribution is 7.14. The number of carbonyl (C=O) groups is 2. The van der Waals surface area contributed by atoms with E-state index in [-0.39, 0.29) is 12.1 Å². The number of thiophene rings is 1. The van der Waals surface area contributed by atoms with Crippen molar-refractivity contribution in [2.24, 2.45) is 0 Å². The summed E-state index contributed by atoms with van der Waals surface area (Å²) in [6, 6.07) is 8.82. The fraction of sp³-hybridized carbons (Fsp3) is 0.294. The van der Waals surface area contributed by atoms with Gasteiger partial charge in [0.05, 0.1) is 10.9 Å². The molecule has 0 saturated carbocycles. The molecule has 0 aliphatic carbocycles. The Morgan fingerprint density at radius 3 is 2.72 bits per heavy atom. The average Bonchev–Trinajstić information content (AvgIpc) is 3.04. The first-order chi connectivity index (χ1) is 12.0. The summed E-state index contributed by atoms with van der Waals surface area (Å²) in [6.07, 6.45) is 0.696. The van der Waals surface area contributed by atoms with E-state index in [0.29, 0.717) is 29.4 Å². The molecule has 2 aromatic rings. The number of hydrogen-bond acceptors (Lipinski definition) is 4. The van der Waals surface area contributed by atoms with E-state index in [9.17, 15) is 9.59 Å². The van der Waals surface area contributed by atoms with E-state index < -0.39 is 5.91 Å². The number of halogens is 1. The highest BCUT2D eigenvalue weighted by atomic mass is 35.5. The Morgan fingerprint density at radius 2 is 2.04 bits per heavy atom. The molecule has 1 aromatic heterocycles. The van der Waals surface area contributed by atoms with E-state index in [2.05, 4.69) is 5.32 Å². The second-order valence-electron chi connectivity index (χ2n) is 5.89. The monoisotopic (exact) mass is 379 g/mol. The lowest BCUT2D eigenvalue weighted by Crippen LogP contribution is -2.43. The number of carbonyl (C=O) groups excluding carboxylic acids is 2. The van der Waals surface area contributed by atoms with Crippen molar-refractivity contribution in [1.82, 2.24) is 15.7 Å². The van der Waals surface area contributed by atoms with Crippen LogP contribution in [0.2, 0.25) is 5.02 Å². The third-order valence-electron chi connectivity index (χ3n) is 4.19. The normalized spacial score (nSPS) is 14.6. The second-order valence-corrected chi connectivity index (χ2v) is 7.47. The van der Waals surface area contributed by atoms with Crippen LogP contribution in [0.25, 0.3) is 0 Å². The van der Waals surface area contributed by atoms with Crippen molar-refractivity contribution in [1.29, 1.82) is 0 Å². The predicted octanol–water partition coefficient (Wildman–Crippen LogP) is 3.35. The zero-order valence-corrected chi connectivity index (χ0v) is 15.2. The molecule has 6 nitrogen and oxygen atoms in total. The van der Waals surface area contributed by atoms with E-state index in [4.69, 9.17) is 16.8 Å². The molecular weight excluding hydrogens is 362 g/mol. The van der Waals surface area contributed by atoms with Crippen LogP contribution in [0.3, 0.4) is 0 Å². The van der Waals surface area contributed by atoms with Gasteiger partial charge in [-0.15, -0.1) is 11.3 Å². The van der Waals surface area contributed by atoms with E-state index in [0.717, 1.165) is 16.0 Å². The third kappa shape index (κ3) is 3.95. The van der Waals surface area contributed by atoms with E-state index in [1.807, 2.05) is 19.1 Å². The van der Waals surface area contributed by atoms with E-state index >= 15 is 0 Å². The molecule has 1 aromatic carbocycles. The molecule has 25 heavy (non-hydrogen) atoms. The molecule has 3 N–H and O–H groups in total. The molecule has 1 aliphatic rings. The Morgan fingerprint density at radius 1 is 1.32 bits per heavy atom. The van der Waals surface area contributed by atoms with Crippen LogP contribution < -0.4 is 10.8 Å². The van der Waals surface area contributed by atoms with Gasteiger partial charge in [0, 0.05) is 23.0 Å². The van der Waals surface area contributed by atoms with Gasteiger partial charge < -0.3 is 10.2 Å². The quantitative estimate of drug-likeness (QED) is 0.565. The molecule has 0 radical (unpaired) electrons. The van der Waals surface area contributed by atoms with Gasteiger partial charge in [-0.25, -0.2) is 10.3 Å². The van der Waals surface area contributed by atoms with Crippen LogP contribution in [0.4, 0.5) is 4.79 Å². The van der Waals surface area contributed by atoms with Gasteiger partial charge in [-0.1, -0.05) is 23.7 Å². The van der Waals surface area contributed by atoms with Crippen LogP contribution in [0, 0.1) is 0 Å². The molecule has 1 atom stereocenters.